The molecule has 3 aromatic rings. The number of hydrogen-bond acceptors (Lipinski definition) is 2. The smallest absolute Gasteiger partial charge is 0.344 e. The van der Waals surface area contributed by atoms with E-state index in [4.69, 9.17) is 9.84 Å². The Bertz CT molecular complexity index is 760. The maximum atomic E-state index is 10.9. The number of benzene rings is 2. The Morgan fingerprint density at radius 3 is 2.68 bits per heavy atom. The summed E-state index contributed by atoms with van der Waals surface area (Å²) in [5.41, 5.74) is 1.95. The molecule has 0 aliphatic carbocycles. The number of fused-ring (bicyclic) bond motifs is 3. The first kappa shape index (κ1) is 11.6. The lowest BCUT2D eigenvalue weighted by atomic mass is 10.1. The van der Waals surface area contributed by atoms with Crippen LogP contribution in [0.5, 0.6) is 5.75 Å². The molecule has 0 amide bonds. The lowest BCUT2D eigenvalue weighted by Gasteiger charge is -2.11. The first-order valence-electron chi connectivity index (χ1n) is 6.05. The van der Waals surface area contributed by atoms with Gasteiger partial charge >= 0.3 is 5.97 Å². The number of aliphatic carboxylic acids is 1. The van der Waals surface area contributed by atoms with Crippen LogP contribution >= 0.6 is 0 Å². The highest BCUT2D eigenvalue weighted by molar-refractivity contribution is 6.10. The van der Waals surface area contributed by atoms with Gasteiger partial charge in [-0.25, -0.2) is 4.79 Å². The first-order chi connectivity index (χ1) is 9.16. The SMILES string of the molecule is CC(Oc1cccc2[nH]c3ccccc3c12)C(=O)O. The molecule has 0 saturated carbocycles. The molecule has 0 aliphatic heterocycles. The number of ether oxygens (including phenoxy) is 1. The summed E-state index contributed by atoms with van der Waals surface area (Å²) in [7, 11) is 0. The molecule has 1 atom stereocenters. The molecule has 2 N–H and O–H groups in total. The van der Waals surface area contributed by atoms with E-state index in [1.165, 1.54) is 6.92 Å². The van der Waals surface area contributed by atoms with Crippen LogP contribution in [0.3, 0.4) is 0 Å². The summed E-state index contributed by atoms with van der Waals surface area (Å²) >= 11 is 0. The number of para-hydroxylation sites is 1. The van der Waals surface area contributed by atoms with Crippen molar-refractivity contribution >= 4 is 27.8 Å². The Kier molecular flexibility index (Phi) is 2.63. The van der Waals surface area contributed by atoms with Gasteiger partial charge in [-0.1, -0.05) is 24.3 Å². The van der Waals surface area contributed by atoms with Gasteiger partial charge in [0.15, 0.2) is 6.10 Å². The maximum absolute atomic E-state index is 10.9. The predicted molar refractivity (Wildman–Crippen MR) is 73.5 cm³/mol. The van der Waals surface area contributed by atoms with E-state index in [1.54, 1.807) is 6.07 Å². The van der Waals surface area contributed by atoms with Gasteiger partial charge in [-0.15, -0.1) is 0 Å². The Balaban J connectivity index is 2.21. The van der Waals surface area contributed by atoms with Crippen LogP contribution in [0.15, 0.2) is 42.5 Å². The van der Waals surface area contributed by atoms with Crippen molar-refractivity contribution < 1.29 is 14.6 Å². The fraction of sp³-hybridized carbons (Fsp3) is 0.133. The number of hydrogen-bond donors (Lipinski definition) is 2. The molecule has 0 saturated heterocycles. The van der Waals surface area contributed by atoms with E-state index >= 15 is 0 Å². The molecule has 3 rings (SSSR count). The molecule has 1 heterocycles. The highest BCUT2D eigenvalue weighted by Crippen LogP contribution is 2.33. The van der Waals surface area contributed by atoms with Gasteiger partial charge in [0.05, 0.1) is 5.52 Å². The van der Waals surface area contributed by atoms with Gasteiger partial charge in [-0.3, -0.25) is 0 Å². The molecule has 19 heavy (non-hydrogen) atoms. The molecule has 4 nitrogen and oxygen atoms in total. The summed E-state index contributed by atoms with van der Waals surface area (Å²) in [5.74, 6) is -0.387. The van der Waals surface area contributed by atoms with Crippen LogP contribution in [0, 0.1) is 0 Å². The number of H-pyrrole nitrogens is 1. The van der Waals surface area contributed by atoms with Crippen molar-refractivity contribution in [3.05, 3.63) is 42.5 Å². The van der Waals surface area contributed by atoms with Crippen molar-refractivity contribution in [1.29, 1.82) is 0 Å². The molecule has 1 unspecified atom stereocenters. The van der Waals surface area contributed by atoms with Gasteiger partial charge in [0, 0.05) is 16.3 Å². The number of nitrogens with one attached hydrogen (secondary N) is 1. The van der Waals surface area contributed by atoms with E-state index in [1.807, 2.05) is 36.4 Å². The van der Waals surface area contributed by atoms with Crippen molar-refractivity contribution in [3.8, 4) is 5.75 Å². The molecular weight excluding hydrogens is 242 g/mol. The topological polar surface area (TPSA) is 62.3 Å². The van der Waals surface area contributed by atoms with Crippen molar-refractivity contribution in [1.82, 2.24) is 4.98 Å². The van der Waals surface area contributed by atoms with Crippen LogP contribution in [0.2, 0.25) is 0 Å². The molecule has 96 valence electrons. The summed E-state index contributed by atoms with van der Waals surface area (Å²) in [6, 6.07) is 13.5. The summed E-state index contributed by atoms with van der Waals surface area (Å²) in [6.45, 7) is 1.52. The van der Waals surface area contributed by atoms with Gasteiger partial charge < -0.3 is 14.8 Å². The van der Waals surface area contributed by atoms with Crippen LogP contribution in [0.1, 0.15) is 6.92 Å². The molecular formula is C15H13NO3. The quantitative estimate of drug-likeness (QED) is 0.755. The van der Waals surface area contributed by atoms with Crippen LogP contribution in [-0.4, -0.2) is 22.2 Å². The molecule has 0 aliphatic rings. The summed E-state index contributed by atoms with van der Waals surface area (Å²) in [6.07, 6.45) is -0.876. The van der Waals surface area contributed by atoms with Gasteiger partial charge in [0.2, 0.25) is 0 Å². The predicted octanol–water partition coefficient (Wildman–Crippen LogP) is 3.17. The van der Waals surface area contributed by atoms with Gasteiger partial charge in [-0.05, 0) is 25.1 Å². The molecule has 2 aromatic carbocycles. The number of carboxylic acids is 1. The highest BCUT2D eigenvalue weighted by Gasteiger charge is 2.16. The molecule has 1 aromatic heterocycles. The van der Waals surface area contributed by atoms with Crippen molar-refractivity contribution in [2.24, 2.45) is 0 Å². The molecule has 0 bridgehead atoms. The third-order valence-corrected chi connectivity index (χ3v) is 3.14. The number of rotatable bonds is 3. The van der Waals surface area contributed by atoms with E-state index in [9.17, 15) is 4.79 Å². The Morgan fingerprint density at radius 1 is 1.16 bits per heavy atom. The maximum Gasteiger partial charge on any atom is 0.344 e. The zero-order chi connectivity index (χ0) is 13.4. The second-order valence-electron chi connectivity index (χ2n) is 4.45. The Labute approximate surface area is 109 Å². The van der Waals surface area contributed by atoms with E-state index in [2.05, 4.69) is 4.98 Å². The molecule has 4 heteroatoms. The average Bonchev–Trinajstić information content (AvgIpc) is 2.77. The third-order valence-electron chi connectivity index (χ3n) is 3.14. The second kappa shape index (κ2) is 4.31. The molecule has 0 radical (unpaired) electrons. The summed E-state index contributed by atoms with van der Waals surface area (Å²) in [4.78, 5) is 14.2. The summed E-state index contributed by atoms with van der Waals surface area (Å²) < 4.78 is 5.54. The number of carboxylic acid groups (broad SMARTS) is 1. The van der Waals surface area contributed by atoms with Gasteiger partial charge in [0.25, 0.3) is 0 Å². The standard InChI is InChI=1S/C15H13NO3/c1-9(15(17)18)19-13-8-4-7-12-14(13)10-5-2-3-6-11(10)16-12/h2-9,16H,1H3,(H,17,18). The first-order valence-corrected chi connectivity index (χ1v) is 6.05. The number of aromatic nitrogens is 1. The molecule has 0 spiro atoms. The Morgan fingerprint density at radius 2 is 1.89 bits per heavy atom. The zero-order valence-electron chi connectivity index (χ0n) is 10.4. The number of carbonyl (C=O) groups is 1. The normalized spacial score (nSPS) is 12.7. The van der Waals surface area contributed by atoms with Crippen LogP contribution < -0.4 is 4.74 Å². The van der Waals surface area contributed by atoms with E-state index in [-0.39, 0.29) is 0 Å². The van der Waals surface area contributed by atoms with Crippen molar-refractivity contribution in [2.45, 2.75) is 13.0 Å². The van der Waals surface area contributed by atoms with E-state index in [0.29, 0.717) is 5.75 Å². The van der Waals surface area contributed by atoms with Crippen molar-refractivity contribution in [2.75, 3.05) is 0 Å². The van der Waals surface area contributed by atoms with Gasteiger partial charge in [0.1, 0.15) is 5.75 Å². The van der Waals surface area contributed by atoms with E-state index < -0.39 is 12.1 Å². The molecule has 0 fully saturated rings. The minimum Gasteiger partial charge on any atom is -0.479 e. The average molecular weight is 255 g/mol. The number of aromatic amines is 1. The minimum absolute atomic E-state index is 0.588. The largest absolute Gasteiger partial charge is 0.479 e. The van der Waals surface area contributed by atoms with Crippen molar-refractivity contribution in [3.63, 3.8) is 0 Å². The van der Waals surface area contributed by atoms with E-state index in [0.717, 1.165) is 21.8 Å². The fourth-order valence-corrected chi connectivity index (χ4v) is 2.21. The van der Waals surface area contributed by atoms with Gasteiger partial charge in [-0.2, -0.15) is 0 Å². The summed E-state index contributed by atoms with van der Waals surface area (Å²) in [5, 5.41) is 10.9. The second-order valence-corrected chi connectivity index (χ2v) is 4.45. The van der Waals surface area contributed by atoms with Crippen LogP contribution in [-0.2, 0) is 4.79 Å². The highest BCUT2D eigenvalue weighted by atomic mass is 16.5. The van der Waals surface area contributed by atoms with Crippen LogP contribution in [0.4, 0.5) is 0 Å². The van der Waals surface area contributed by atoms with Crippen LogP contribution in [0.25, 0.3) is 21.8 Å². The lowest BCUT2D eigenvalue weighted by Crippen LogP contribution is -2.22. The fourth-order valence-electron chi connectivity index (χ4n) is 2.21. The third kappa shape index (κ3) is 1.91. The monoisotopic (exact) mass is 255 g/mol. The minimum atomic E-state index is -0.975. The zero-order valence-corrected chi connectivity index (χ0v) is 10.4. The Hall–Kier alpha value is -2.49. The lowest BCUT2D eigenvalue weighted by molar-refractivity contribution is -0.144.